The van der Waals surface area contributed by atoms with Gasteiger partial charge in [0.05, 0.1) is 0 Å². The molecule has 18 heavy (non-hydrogen) atoms. The molecule has 0 saturated carbocycles. The number of hydrogen-bond acceptors (Lipinski definition) is 2. The Morgan fingerprint density at radius 1 is 1.11 bits per heavy atom. The third-order valence-corrected chi connectivity index (χ3v) is 2.58. The summed E-state index contributed by atoms with van der Waals surface area (Å²) in [5.41, 5.74) is 7.21. The van der Waals surface area contributed by atoms with Crippen LogP contribution in [0.25, 0.3) is 11.1 Å². The zero-order valence-electron chi connectivity index (χ0n) is 9.60. The van der Waals surface area contributed by atoms with E-state index in [4.69, 9.17) is 10.5 Å². The quantitative estimate of drug-likeness (QED) is 0.900. The summed E-state index contributed by atoms with van der Waals surface area (Å²) in [5.74, 6) is -0.0123. The maximum absolute atomic E-state index is 12.3. The zero-order valence-corrected chi connectivity index (χ0v) is 9.60. The number of ether oxygens (including phenoxy) is 1. The van der Waals surface area contributed by atoms with Crippen molar-refractivity contribution in [3.05, 3.63) is 54.1 Å². The summed E-state index contributed by atoms with van der Waals surface area (Å²) in [6.07, 6.45) is 0. The lowest BCUT2D eigenvalue weighted by molar-refractivity contribution is 0.100. The molecule has 0 spiro atoms. The van der Waals surface area contributed by atoms with Gasteiger partial charge in [0.15, 0.2) is 0 Å². The lowest BCUT2D eigenvalue weighted by Gasteiger charge is -2.09. The summed E-state index contributed by atoms with van der Waals surface area (Å²) in [6, 6.07) is 13.9. The fraction of sp³-hybridized carbons (Fsp3) is 0.0714. The highest BCUT2D eigenvalue weighted by molar-refractivity contribution is 5.93. The molecule has 0 fully saturated rings. The van der Waals surface area contributed by atoms with Crippen LogP contribution in [0.4, 0.5) is 4.39 Å². The van der Waals surface area contributed by atoms with Crippen molar-refractivity contribution in [2.45, 2.75) is 0 Å². The van der Waals surface area contributed by atoms with Crippen molar-refractivity contribution in [1.82, 2.24) is 0 Å². The van der Waals surface area contributed by atoms with Crippen LogP contribution in [0, 0.1) is 0 Å². The number of carbonyl (C=O) groups excluding carboxylic acids is 1. The highest BCUT2D eigenvalue weighted by atomic mass is 19.1. The van der Waals surface area contributed by atoms with Gasteiger partial charge < -0.3 is 10.5 Å². The van der Waals surface area contributed by atoms with Gasteiger partial charge in [-0.1, -0.05) is 30.3 Å². The first-order valence-corrected chi connectivity index (χ1v) is 5.40. The van der Waals surface area contributed by atoms with Gasteiger partial charge in [-0.05, 0) is 23.8 Å². The first-order chi connectivity index (χ1) is 8.72. The van der Waals surface area contributed by atoms with E-state index in [0.29, 0.717) is 11.3 Å². The van der Waals surface area contributed by atoms with Gasteiger partial charge in [-0.15, -0.1) is 0 Å². The lowest BCUT2D eigenvalue weighted by Crippen LogP contribution is -2.10. The van der Waals surface area contributed by atoms with Gasteiger partial charge in [-0.3, -0.25) is 4.79 Å². The van der Waals surface area contributed by atoms with E-state index in [-0.39, 0.29) is 0 Å². The Labute approximate surface area is 104 Å². The molecule has 0 atom stereocenters. The summed E-state index contributed by atoms with van der Waals surface area (Å²) >= 11 is 0. The first-order valence-electron chi connectivity index (χ1n) is 5.40. The zero-order chi connectivity index (χ0) is 13.0. The van der Waals surface area contributed by atoms with Gasteiger partial charge in [0, 0.05) is 11.1 Å². The Balaban J connectivity index is 2.39. The van der Waals surface area contributed by atoms with Crippen LogP contribution in [-0.4, -0.2) is 12.8 Å². The summed E-state index contributed by atoms with van der Waals surface area (Å²) in [4.78, 5) is 11.0. The van der Waals surface area contributed by atoms with Crippen molar-refractivity contribution >= 4 is 5.91 Å². The molecule has 0 bridgehead atoms. The van der Waals surface area contributed by atoms with Gasteiger partial charge in [-0.2, -0.15) is 0 Å². The number of hydrogen-bond donors (Lipinski definition) is 1. The van der Waals surface area contributed by atoms with Gasteiger partial charge in [0.2, 0.25) is 12.8 Å². The molecule has 0 heterocycles. The molecule has 0 saturated heterocycles. The van der Waals surface area contributed by atoms with E-state index in [0.717, 1.165) is 11.1 Å². The molecule has 3 nitrogen and oxygen atoms in total. The molecule has 0 aliphatic rings. The molecule has 0 radical (unpaired) electrons. The smallest absolute Gasteiger partial charge is 0.248 e. The number of alkyl halides is 1. The fourth-order valence-electron chi connectivity index (χ4n) is 1.70. The predicted octanol–water partition coefficient (Wildman–Crippen LogP) is 2.76. The van der Waals surface area contributed by atoms with Crippen LogP contribution in [0.5, 0.6) is 5.75 Å². The molecule has 2 aromatic carbocycles. The van der Waals surface area contributed by atoms with Crippen LogP contribution in [0.15, 0.2) is 48.5 Å². The molecular formula is C14H12FNO2. The van der Waals surface area contributed by atoms with Crippen molar-refractivity contribution in [2.75, 3.05) is 6.86 Å². The van der Waals surface area contributed by atoms with Gasteiger partial charge in [0.1, 0.15) is 5.75 Å². The summed E-state index contributed by atoms with van der Waals surface area (Å²) < 4.78 is 17.2. The van der Waals surface area contributed by atoms with Crippen LogP contribution in [0.2, 0.25) is 0 Å². The van der Waals surface area contributed by atoms with Crippen molar-refractivity contribution in [2.24, 2.45) is 5.73 Å². The molecule has 0 unspecified atom stereocenters. The monoisotopic (exact) mass is 245 g/mol. The lowest BCUT2D eigenvalue weighted by atomic mass is 10.0. The Morgan fingerprint density at radius 2 is 1.78 bits per heavy atom. The summed E-state index contributed by atoms with van der Waals surface area (Å²) in [5, 5.41) is 0. The largest absolute Gasteiger partial charge is 0.462 e. The maximum atomic E-state index is 12.3. The van der Waals surface area contributed by atoms with E-state index in [9.17, 15) is 9.18 Å². The van der Waals surface area contributed by atoms with E-state index in [1.54, 1.807) is 36.4 Å². The Morgan fingerprint density at radius 3 is 2.39 bits per heavy atom. The number of benzene rings is 2. The first kappa shape index (κ1) is 12.1. The standard InChI is InChI=1S/C14H12FNO2/c15-9-18-13-4-2-1-3-12(13)10-5-7-11(8-6-10)14(16)17/h1-8H,9H2,(H2,16,17). The average Bonchev–Trinajstić information content (AvgIpc) is 2.40. The molecule has 2 rings (SSSR count). The maximum Gasteiger partial charge on any atom is 0.248 e. The molecular weight excluding hydrogens is 233 g/mol. The van der Waals surface area contributed by atoms with E-state index in [1.165, 1.54) is 0 Å². The van der Waals surface area contributed by atoms with Crippen LogP contribution in [0.1, 0.15) is 10.4 Å². The molecule has 0 aromatic heterocycles. The van der Waals surface area contributed by atoms with Crippen molar-refractivity contribution in [3.8, 4) is 16.9 Å². The molecule has 2 aromatic rings. The number of amides is 1. The van der Waals surface area contributed by atoms with E-state index < -0.39 is 12.8 Å². The van der Waals surface area contributed by atoms with Crippen molar-refractivity contribution < 1.29 is 13.9 Å². The average molecular weight is 245 g/mol. The second kappa shape index (κ2) is 5.31. The topological polar surface area (TPSA) is 52.3 Å². The second-order valence-corrected chi connectivity index (χ2v) is 3.69. The summed E-state index contributed by atoms with van der Waals surface area (Å²) in [7, 11) is 0. The molecule has 0 aliphatic carbocycles. The second-order valence-electron chi connectivity index (χ2n) is 3.69. The third-order valence-electron chi connectivity index (χ3n) is 2.58. The SMILES string of the molecule is NC(=O)c1ccc(-c2ccccc2OCF)cc1. The number of primary amides is 1. The number of para-hydroxylation sites is 1. The number of rotatable bonds is 4. The normalized spacial score (nSPS) is 10.1. The van der Waals surface area contributed by atoms with Crippen LogP contribution < -0.4 is 10.5 Å². The fourth-order valence-corrected chi connectivity index (χ4v) is 1.70. The number of halogens is 1. The van der Waals surface area contributed by atoms with Crippen LogP contribution >= 0.6 is 0 Å². The molecule has 4 heteroatoms. The van der Waals surface area contributed by atoms with Crippen molar-refractivity contribution in [1.29, 1.82) is 0 Å². The highest BCUT2D eigenvalue weighted by Gasteiger charge is 2.06. The van der Waals surface area contributed by atoms with Crippen LogP contribution in [0.3, 0.4) is 0 Å². The van der Waals surface area contributed by atoms with Gasteiger partial charge in [0.25, 0.3) is 0 Å². The summed E-state index contributed by atoms with van der Waals surface area (Å²) in [6.45, 7) is -0.879. The highest BCUT2D eigenvalue weighted by Crippen LogP contribution is 2.29. The molecule has 0 aliphatic heterocycles. The van der Waals surface area contributed by atoms with Gasteiger partial charge in [-0.25, -0.2) is 4.39 Å². The Hall–Kier alpha value is -2.36. The Kier molecular flexibility index (Phi) is 3.57. The third kappa shape index (κ3) is 2.48. The van der Waals surface area contributed by atoms with E-state index in [1.807, 2.05) is 12.1 Å². The van der Waals surface area contributed by atoms with Crippen molar-refractivity contribution in [3.63, 3.8) is 0 Å². The van der Waals surface area contributed by atoms with E-state index >= 15 is 0 Å². The minimum atomic E-state index is -0.879. The minimum absolute atomic E-state index is 0.433. The molecule has 92 valence electrons. The molecule has 2 N–H and O–H groups in total. The molecule has 1 amide bonds. The van der Waals surface area contributed by atoms with Gasteiger partial charge >= 0.3 is 0 Å². The van der Waals surface area contributed by atoms with E-state index in [2.05, 4.69) is 0 Å². The predicted molar refractivity (Wildman–Crippen MR) is 67.0 cm³/mol. The van der Waals surface area contributed by atoms with Crippen LogP contribution in [-0.2, 0) is 0 Å². The number of nitrogens with two attached hydrogens (primary N) is 1. The minimum Gasteiger partial charge on any atom is -0.462 e. The number of carbonyl (C=O) groups is 1. The Bertz CT molecular complexity index is 552.